The second-order valence-corrected chi connectivity index (χ2v) is 5.36. The predicted octanol–water partition coefficient (Wildman–Crippen LogP) is 4.43. The van der Waals surface area contributed by atoms with Crippen molar-refractivity contribution in [1.29, 1.82) is 5.26 Å². The van der Waals surface area contributed by atoms with Gasteiger partial charge in [0.15, 0.2) is 0 Å². The van der Waals surface area contributed by atoms with Crippen LogP contribution in [0.1, 0.15) is 20.9 Å². The molecular formula is C15H13NS. The van der Waals surface area contributed by atoms with Gasteiger partial charge in [-0.3, -0.25) is 0 Å². The summed E-state index contributed by atoms with van der Waals surface area (Å²) in [5.41, 5.74) is 2.83. The first kappa shape index (κ1) is 11.6. The Morgan fingerprint density at radius 2 is 1.94 bits per heavy atom. The van der Waals surface area contributed by atoms with E-state index in [9.17, 15) is 5.26 Å². The Labute approximate surface area is 106 Å². The van der Waals surface area contributed by atoms with Crippen LogP contribution in [0.4, 0.5) is 0 Å². The Morgan fingerprint density at radius 3 is 2.47 bits per heavy atom. The summed E-state index contributed by atoms with van der Waals surface area (Å²) >= 11 is 1.76. The number of hydrogen-bond donors (Lipinski definition) is 0. The highest BCUT2D eigenvalue weighted by molar-refractivity contribution is 7.12. The largest absolute Gasteiger partial charge is 0.192 e. The van der Waals surface area contributed by atoms with E-state index in [-0.39, 0.29) is 0 Å². The minimum Gasteiger partial charge on any atom is -0.192 e. The Balaban J connectivity index is 2.44. The van der Waals surface area contributed by atoms with Gasteiger partial charge in [0.25, 0.3) is 0 Å². The topological polar surface area (TPSA) is 23.8 Å². The summed E-state index contributed by atoms with van der Waals surface area (Å²) in [6.45, 7) is 4.17. The molecule has 0 aliphatic heterocycles. The van der Waals surface area contributed by atoms with Gasteiger partial charge < -0.3 is 0 Å². The zero-order valence-electron chi connectivity index (χ0n) is 9.90. The SMILES string of the molecule is Cc1cc(/C=C(\C#N)c2ccccc2)c(C)s1. The zero-order chi connectivity index (χ0) is 12.3. The molecule has 0 unspecified atom stereocenters. The van der Waals surface area contributed by atoms with Crippen LogP contribution >= 0.6 is 11.3 Å². The van der Waals surface area contributed by atoms with Crippen LogP contribution in [0.3, 0.4) is 0 Å². The van der Waals surface area contributed by atoms with Crippen molar-refractivity contribution in [2.75, 3.05) is 0 Å². The lowest BCUT2D eigenvalue weighted by Crippen LogP contribution is -1.80. The number of rotatable bonds is 2. The molecule has 1 aromatic carbocycles. The maximum atomic E-state index is 9.22. The summed E-state index contributed by atoms with van der Waals surface area (Å²) in [6.07, 6.45) is 1.97. The number of nitrogens with zero attached hydrogens (tertiary/aromatic N) is 1. The van der Waals surface area contributed by atoms with Crippen molar-refractivity contribution in [3.05, 3.63) is 57.3 Å². The van der Waals surface area contributed by atoms with Crippen molar-refractivity contribution in [1.82, 2.24) is 0 Å². The van der Waals surface area contributed by atoms with Crippen LogP contribution in [-0.2, 0) is 0 Å². The zero-order valence-corrected chi connectivity index (χ0v) is 10.7. The van der Waals surface area contributed by atoms with Crippen molar-refractivity contribution in [3.8, 4) is 6.07 Å². The van der Waals surface area contributed by atoms with Crippen LogP contribution in [0, 0.1) is 25.2 Å². The van der Waals surface area contributed by atoms with Crippen LogP contribution in [0.5, 0.6) is 0 Å². The first-order valence-corrected chi connectivity index (χ1v) is 6.26. The van der Waals surface area contributed by atoms with E-state index >= 15 is 0 Å². The lowest BCUT2D eigenvalue weighted by atomic mass is 10.0. The van der Waals surface area contributed by atoms with Gasteiger partial charge in [0.2, 0.25) is 0 Å². The Kier molecular flexibility index (Phi) is 3.41. The molecule has 2 rings (SSSR count). The third kappa shape index (κ3) is 2.64. The highest BCUT2D eigenvalue weighted by Gasteiger charge is 2.04. The van der Waals surface area contributed by atoms with Crippen molar-refractivity contribution in [3.63, 3.8) is 0 Å². The average Bonchev–Trinajstić information content (AvgIpc) is 2.66. The molecule has 0 aliphatic carbocycles. The van der Waals surface area contributed by atoms with Gasteiger partial charge in [0.1, 0.15) is 0 Å². The van der Waals surface area contributed by atoms with E-state index < -0.39 is 0 Å². The summed E-state index contributed by atoms with van der Waals surface area (Å²) in [4.78, 5) is 2.53. The van der Waals surface area contributed by atoms with Gasteiger partial charge in [0.05, 0.1) is 11.6 Å². The van der Waals surface area contributed by atoms with Gasteiger partial charge in [-0.05, 0) is 37.1 Å². The van der Waals surface area contributed by atoms with E-state index in [1.807, 2.05) is 36.4 Å². The van der Waals surface area contributed by atoms with Crippen LogP contribution in [0.2, 0.25) is 0 Å². The first-order valence-electron chi connectivity index (χ1n) is 5.45. The monoisotopic (exact) mass is 239 g/mol. The molecule has 0 N–H and O–H groups in total. The van der Waals surface area contributed by atoms with E-state index in [0.29, 0.717) is 5.57 Å². The van der Waals surface area contributed by atoms with E-state index in [1.54, 1.807) is 11.3 Å². The average molecular weight is 239 g/mol. The fourth-order valence-corrected chi connectivity index (χ4v) is 2.65. The second kappa shape index (κ2) is 4.99. The van der Waals surface area contributed by atoms with E-state index in [2.05, 4.69) is 26.0 Å². The van der Waals surface area contributed by atoms with Gasteiger partial charge in [-0.1, -0.05) is 30.3 Å². The minimum absolute atomic E-state index is 0.714. The molecular weight excluding hydrogens is 226 g/mol. The quantitative estimate of drug-likeness (QED) is 0.711. The second-order valence-electron chi connectivity index (χ2n) is 3.90. The fraction of sp³-hybridized carbons (Fsp3) is 0.133. The molecule has 0 fully saturated rings. The lowest BCUT2D eigenvalue weighted by molar-refractivity contribution is 1.52. The normalized spacial score (nSPS) is 11.2. The van der Waals surface area contributed by atoms with E-state index in [4.69, 9.17) is 0 Å². The Morgan fingerprint density at radius 1 is 1.24 bits per heavy atom. The molecule has 17 heavy (non-hydrogen) atoms. The van der Waals surface area contributed by atoms with Gasteiger partial charge in [-0.2, -0.15) is 5.26 Å². The Bertz CT molecular complexity index is 585. The van der Waals surface area contributed by atoms with E-state index in [1.165, 1.54) is 9.75 Å². The molecule has 1 heterocycles. The summed E-state index contributed by atoms with van der Waals surface area (Å²) in [5.74, 6) is 0. The highest BCUT2D eigenvalue weighted by Crippen LogP contribution is 2.25. The molecule has 0 atom stereocenters. The molecule has 0 saturated heterocycles. The highest BCUT2D eigenvalue weighted by atomic mass is 32.1. The van der Waals surface area contributed by atoms with Crippen LogP contribution in [-0.4, -0.2) is 0 Å². The maximum Gasteiger partial charge on any atom is 0.0998 e. The molecule has 2 aromatic rings. The van der Waals surface area contributed by atoms with Crippen molar-refractivity contribution in [2.24, 2.45) is 0 Å². The van der Waals surface area contributed by atoms with Gasteiger partial charge in [0, 0.05) is 9.75 Å². The molecule has 0 aliphatic rings. The standard InChI is InChI=1S/C15H13NS/c1-11-8-14(12(2)17-11)9-15(10-16)13-6-4-3-5-7-13/h3-9H,1-2H3/b15-9+. The van der Waals surface area contributed by atoms with Crippen LogP contribution < -0.4 is 0 Å². The minimum atomic E-state index is 0.714. The number of hydrogen-bond acceptors (Lipinski definition) is 2. The van der Waals surface area contributed by atoms with Crippen LogP contribution in [0.25, 0.3) is 11.6 Å². The number of allylic oxidation sites excluding steroid dienone is 1. The van der Waals surface area contributed by atoms with Gasteiger partial charge in [-0.15, -0.1) is 11.3 Å². The summed E-state index contributed by atoms with van der Waals surface area (Å²) in [6, 6.07) is 14.2. The molecule has 2 heteroatoms. The first-order chi connectivity index (χ1) is 8.20. The molecule has 0 saturated carbocycles. The number of thiophene rings is 1. The molecule has 0 bridgehead atoms. The summed E-state index contributed by atoms with van der Waals surface area (Å²) < 4.78 is 0. The Hall–Kier alpha value is -1.85. The predicted molar refractivity (Wildman–Crippen MR) is 73.7 cm³/mol. The number of benzene rings is 1. The molecule has 0 spiro atoms. The van der Waals surface area contributed by atoms with Gasteiger partial charge >= 0.3 is 0 Å². The fourth-order valence-electron chi connectivity index (χ4n) is 1.75. The maximum absolute atomic E-state index is 9.22. The van der Waals surface area contributed by atoms with Gasteiger partial charge in [-0.25, -0.2) is 0 Å². The van der Waals surface area contributed by atoms with E-state index in [0.717, 1.165) is 11.1 Å². The third-order valence-electron chi connectivity index (χ3n) is 2.58. The lowest BCUT2D eigenvalue weighted by Gasteiger charge is -1.98. The number of aryl methyl sites for hydroxylation is 2. The number of nitriles is 1. The molecule has 84 valence electrons. The van der Waals surface area contributed by atoms with Crippen molar-refractivity contribution in [2.45, 2.75) is 13.8 Å². The molecule has 1 nitrogen and oxygen atoms in total. The summed E-state index contributed by atoms with van der Waals surface area (Å²) in [7, 11) is 0. The van der Waals surface area contributed by atoms with Crippen molar-refractivity contribution < 1.29 is 0 Å². The summed E-state index contributed by atoms with van der Waals surface area (Å²) in [5, 5.41) is 9.22. The molecule has 0 amide bonds. The smallest absolute Gasteiger partial charge is 0.0998 e. The molecule has 0 radical (unpaired) electrons. The van der Waals surface area contributed by atoms with Crippen LogP contribution in [0.15, 0.2) is 36.4 Å². The molecule has 1 aromatic heterocycles. The third-order valence-corrected chi connectivity index (χ3v) is 3.57. The van der Waals surface area contributed by atoms with Crippen molar-refractivity contribution >= 4 is 23.0 Å².